The van der Waals surface area contributed by atoms with E-state index in [1.165, 1.54) is 88.3 Å². The Kier molecular flexibility index (Phi) is 4.95. The Bertz CT molecular complexity index is 1370. The molecule has 0 nitrogen and oxygen atoms in total. The molecule has 6 bridgehead atoms. The van der Waals surface area contributed by atoms with Crippen LogP contribution in [0.2, 0.25) is 0 Å². The summed E-state index contributed by atoms with van der Waals surface area (Å²) in [4.78, 5) is 0. The van der Waals surface area contributed by atoms with E-state index in [9.17, 15) is 0 Å². The Morgan fingerprint density at radius 2 is 0.886 bits per heavy atom. The summed E-state index contributed by atoms with van der Waals surface area (Å²) in [6, 6.07) is 10.4. The molecule has 6 atom stereocenters. The molecule has 3 aromatic carbocycles. The lowest BCUT2D eigenvalue weighted by Gasteiger charge is -2.38. The molecule has 3 fully saturated rings. The molecule has 0 N–H and O–H groups in total. The third-order valence-corrected chi connectivity index (χ3v) is 12.8. The molecule has 0 saturated heterocycles. The topological polar surface area (TPSA) is 0 Å². The molecule has 0 radical (unpaired) electrons. The predicted molar refractivity (Wildman–Crippen MR) is 155 cm³/mol. The van der Waals surface area contributed by atoms with Gasteiger partial charge in [0.05, 0.1) is 0 Å². The Labute approximate surface area is 226 Å². The van der Waals surface area contributed by atoms with Crippen molar-refractivity contribution in [2.75, 3.05) is 0 Å². The average Bonchev–Trinajstić information content (AvgIpc) is 3.05. The molecule has 0 aromatic heterocycles. The molecule has 2 heteroatoms. The molecule has 182 valence electrons. The van der Waals surface area contributed by atoms with Gasteiger partial charge in [-0.05, 0) is 205 Å². The van der Waals surface area contributed by atoms with E-state index in [1.54, 1.807) is 22.3 Å². The maximum absolute atomic E-state index is 4.18. The van der Waals surface area contributed by atoms with Crippen LogP contribution in [0.3, 0.4) is 0 Å². The van der Waals surface area contributed by atoms with E-state index < -0.39 is 0 Å². The van der Waals surface area contributed by atoms with Crippen molar-refractivity contribution >= 4 is 53.4 Å². The van der Waals surface area contributed by atoms with Gasteiger partial charge in [0.25, 0.3) is 0 Å². The standard InChI is InChI=1S/C33H36Br2/c1-16-3-18-5-17(2)24-12-28-29(13-25(24)21(4-16)7-18)33(35)31-15-27-23-10-19-6-20(11-23)9-22(8-19)26(27)14-30(31)32(28)34/h12-23H,3-11H2,1-2H3. The van der Waals surface area contributed by atoms with Gasteiger partial charge in [-0.3, -0.25) is 0 Å². The SMILES string of the molecule is CC1CC2CC(C)c3cc4c(Br)c5cc6c(cc5c(Br)c4cc3C(C1)C2)C1CC2CC(CC6C2)C1. The number of hydrogen-bond donors (Lipinski definition) is 0. The quantitative estimate of drug-likeness (QED) is 0.228. The minimum atomic E-state index is 0.661. The van der Waals surface area contributed by atoms with Gasteiger partial charge in [0.1, 0.15) is 0 Å². The van der Waals surface area contributed by atoms with Crippen LogP contribution in [-0.2, 0) is 0 Å². The first-order valence-corrected chi connectivity index (χ1v) is 15.9. The van der Waals surface area contributed by atoms with Crippen LogP contribution in [0.4, 0.5) is 0 Å². The van der Waals surface area contributed by atoms with Gasteiger partial charge in [0.15, 0.2) is 0 Å². The van der Waals surface area contributed by atoms with Crippen LogP contribution in [0.25, 0.3) is 21.5 Å². The van der Waals surface area contributed by atoms with Gasteiger partial charge in [0.2, 0.25) is 0 Å². The highest BCUT2D eigenvalue weighted by atomic mass is 79.9. The first kappa shape index (κ1) is 22.2. The Balaban J connectivity index is 1.37. The fraction of sp³-hybridized carbons (Fsp3) is 0.576. The molecule has 0 amide bonds. The summed E-state index contributed by atoms with van der Waals surface area (Å²) in [6.45, 7) is 4.98. The lowest BCUT2D eigenvalue weighted by atomic mass is 9.67. The van der Waals surface area contributed by atoms with E-state index in [1.807, 2.05) is 0 Å². The van der Waals surface area contributed by atoms with Crippen LogP contribution in [0.15, 0.2) is 33.2 Å². The lowest BCUT2D eigenvalue weighted by Crippen LogP contribution is -2.25. The van der Waals surface area contributed by atoms with Crippen LogP contribution >= 0.6 is 31.9 Å². The minimum absolute atomic E-state index is 0.661. The molecule has 9 rings (SSSR count). The molecule has 3 saturated carbocycles. The summed E-state index contributed by atoms with van der Waals surface area (Å²) >= 11 is 8.35. The number of benzene rings is 3. The van der Waals surface area contributed by atoms with Crippen molar-refractivity contribution in [3.8, 4) is 0 Å². The fourth-order valence-electron chi connectivity index (χ4n) is 9.95. The number of hydrogen-bond acceptors (Lipinski definition) is 0. The molecule has 0 aliphatic heterocycles. The van der Waals surface area contributed by atoms with Gasteiger partial charge >= 0.3 is 0 Å². The van der Waals surface area contributed by atoms with Crippen LogP contribution in [0.5, 0.6) is 0 Å². The van der Waals surface area contributed by atoms with E-state index >= 15 is 0 Å². The van der Waals surface area contributed by atoms with E-state index in [-0.39, 0.29) is 0 Å². The monoisotopic (exact) mass is 590 g/mol. The number of halogens is 2. The molecular weight excluding hydrogens is 556 g/mol. The maximum atomic E-state index is 4.18. The summed E-state index contributed by atoms with van der Waals surface area (Å²) in [7, 11) is 0. The zero-order valence-electron chi connectivity index (χ0n) is 21.0. The summed E-state index contributed by atoms with van der Waals surface area (Å²) in [5.41, 5.74) is 6.70. The van der Waals surface area contributed by atoms with E-state index in [0.29, 0.717) is 5.92 Å². The predicted octanol–water partition coefficient (Wildman–Crippen LogP) is 10.9. The third-order valence-electron chi connectivity index (χ3n) is 11.1. The molecular formula is C33H36Br2. The number of fused-ring (bicyclic) bond motifs is 6. The van der Waals surface area contributed by atoms with Crippen LogP contribution in [0.1, 0.15) is 118 Å². The molecule has 6 aliphatic rings. The molecule has 6 unspecified atom stereocenters. The summed E-state index contributed by atoms with van der Waals surface area (Å²) in [5, 5.41) is 5.70. The van der Waals surface area contributed by atoms with Gasteiger partial charge in [-0.1, -0.05) is 13.8 Å². The highest BCUT2D eigenvalue weighted by molar-refractivity contribution is 9.11. The molecule has 35 heavy (non-hydrogen) atoms. The van der Waals surface area contributed by atoms with Crippen molar-refractivity contribution in [2.24, 2.45) is 23.7 Å². The summed E-state index contributed by atoms with van der Waals surface area (Å²) < 4.78 is 2.66. The smallest absolute Gasteiger partial charge is 0.0333 e. The largest absolute Gasteiger partial charge is 0.0625 e. The fourth-order valence-corrected chi connectivity index (χ4v) is 11.3. The molecule has 0 heterocycles. The minimum Gasteiger partial charge on any atom is -0.0625 e. The van der Waals surface area contributed by atoms with Crippen LogP contribution < -0.4 is 0 Å². The molecule has 6 aliphatic carbocycles. The van der Waals surface area contributed by atoms with Gasteiger partial charge in [-0.2, -0.15) is 0 Å². The van der Waals surface area contributed by atoms with E-state index in [0.717, 1.165) is 41.4 Å². The van der Waals surface area contributed by atoms with Crippen molar-refractivity contribution in [3.05, 3.63) is 55.5 Å². The second-order valence-electron chi connectivity index (χ2n) is 13.5. The highest BCUT2D eigenvalue weighted by Crippen LogP contribution is 2.58. The van der Waals surface area contributed by atoms with Crippen molar-refractivity contribution in [2.45, 2.75) is 95.3 Å². The van der Waals surface area contributed by atoms with Gasteiger partial charge in [-0.25, -0.2) is 0 Å². The van der Waals surface area contributed by atoms with Crippen molar-refractivity contribution < 1.29 is 0 Å². The first-order chi connectivity index (χ1) is 16.9. The zero-order valence-corrected chi connectivity index (χ0v) is 24.2. The Morgan fingerprint density at radius 1 is 0.486 bits per heavy atom. The van der Waals surface area contributed by atoms with Crippen molar-refractivity contribution in [1.29, 1.82) is 0 Å². The van der Waals surface area contributed by atoms with E-state index in [2.05, 4.69) is 70.0 Å². The van der Waals surface area contributed by atoms with Crippen LogP contribution in [0, 0.1) is 23.7 Å². The van der Waals surface area contributed by atoms with Crippen LogP contribution in [-0.4, -0.2) is 0 Å². The zero-order chi connectivity index (χ0) is 23.6. The van der Waals surface area contributed by atoms with Gasteiger partial charge < -0.3 is 0 Å². The second-order valence-corrected chi connectivity index (χ2v) is 15.1. The molecule has 0 spiro atoms. The van der Waals surface area contributed by atoms with Crippen molar-refractivity contribution in [3.63, 3.8) is 0 Å². The Hall–Kier alpha value is -0.860. The van der Waals surface area contributed by atoms with E-state index in [4.69, 9.17) is 0 Å². The second kappa shape index (κ2) is 7.83. The summed E-state index contributed by atoms with van der Waals surface area (Å²) in [5.74, 6) is 6.69. The summed E-state index contributed by atoms with van der Waals surface area (Å²) in [6.07, 6.45) is 12.8. The highest BCUT2D eigenvalue weighted by Gasteiger charge is 2.42. The molecule has 3 aromatic rings. The maximum Gasteiger partial charge on any atom is 0.0333 e. The van der Waals surface area contributed by atoms with Gasteiger partial charge in [0, 0.05) is 8.95 Å². The average molecular weight is 592 g/mol. The van der Waals surface area contributed by atoms with Gasteiger partial charge in [-0.15, -0.1) is 0 Å². The first-order valence-electron chi connectivity index (χ1n) is 14.3. The normalized spacial score (nSPS) is 37.3. The lowest BCUT2D eigenvalue weighted by molar-refractivity contribution is 0.166. The number of rotatable bonds is 0. The van der Waals surface area contributed by atoms with Crippen molar-refractivity contribution in [1.82, 2.24) is 0 Å². The third kappa shape index (κ3) is 3.27. The Morgan fingerprint density at radius 3 is 1.40 bits per heavy atom.